The first kappa shape index (κ1) is 22.2. The highest BCUT2D eigenvalue weighted by atomic mass is 32.2. The predicted octanol–water partition coefficient (Wildman–Crippen LogP) is 1.59. The first-order valence-corrected chi connectivity index (χ1v) is 12.4. The van der Waals surface area contributed by atoms with E-state index in [0.29, 0.717) is 56.6 Å². The molecule has 1 aromatic carbocycles. The maximum atomic E-state index is 13.2. The Morgan fingerprint density at radius 2 is 1.77 bits per heavy atom. The molecule has 8 nitrogen and oxygen atoms in total. The summed E-state index contributed by atoms with van der Waals surface area (Å²) in [5, 5.41) is 0. The van der Waals surface area contributed by atoms with Crippen LogP contribution in [0.15, 0.2) is 23.1 Å². The molecule has 170 valence electrons. The molecule has 2 saturated heterocycles. The zero-order chi connectivity index (χ0) is 22.4. The topological polar surface area (TPSA) is 87.2 Å². The molecule has 0 atom stereocenters. The van der Waals surface area contributed by atoms with Crippen LogP contribution in [-0.4, -0.2) is 75.4 Å². The number of amides is 2. The first-order chi connectivity index (χ1) is 14.6. The molecule has 1 aromatic rings. The number of nitrogens with zero attached hydrogens (tertiary/aromatic N) is 3. The minimum atomic E-state index is -3.62. The van der Waals surface area contributed by atoms with E-state index in [1.54, 1.807) is 36.9 Å². The summed E-state index contributed by atoms with van der Waals surface area (Å²) < 4.78 is 33.2. The Balaban J connectivity index is 1.61. The van der Waals surface area contributed by atoms with Gasteiger partial charge in [0.15, 0.2) is 0 Å². The van der Waals surface area contributed by atoms with Crippen LogP contribution in [0.1, 0.15) is 39.2 Å². The minimum absolute atomic E-state index is 0.0502. The van der Waals surface area contributed by atoms with Crippen molar-refractivity contribution in [3.8, 4) is 0 Å². The smallest absolute Gasteiger partial charge is 0.243 e. The number of hydrogen-bond donors (Lipinski definition) is 0. The van der Waals surface area contributed by atoms with Crippen molar-refractivity contribution < 1.29 is 22.7 Å². The van der Waals surface area contributed by atoms with Gasteiger partial charge in [-0.1, -0.05) is 6.92 Å². The number of anilines is 1. The van der Waals surface area contributed by atoms with Gasteiger partial charge in [-0.15, -0.1) is 0 Å². The normalized spacial score (nSPS) is 22.6. The summed E-state index contributed by atoms with van der Waals surface area (Å²) in [5.74, 6) is 0.213. The van der Waals surface area contributed by atoms with Crippen molar-refractivity contribution in [3.05, 3.63) is 23.8 Å². The summed E-state index contributed by atoms with van der Waals surface area (Å²) in [5.41, 5.74) is 0.365. The monoisotopic (exact) mass is 449 g/mol. The van der Waals surface area contributed by atoms with E-state index in [0.717, 1.165) is 12.8 Å². The molecule has 3 aliphatic rings. The van der Waals surface area contributed by atoms with Crippen LogP contribution in [0, 0.1) is 5.92 Å². The molecule has 4 rings (SSSR count). The lowest BCUT2D eigenvalue weighted by Gasteiger charge is -2.30. The van der Waals surface area contributed by atoms with E-state index in [1.807, 2.05) is 0 Å². The average Bonchev–Trinajstić information content (AvgIpc) is 2.95. The minimum Gasteiger partial charge on any atom is -0.378 e. The summed E-state index contributed by atoms with van der Waals surface area (Å²) in [6.45, 7) is 8.72. The van der Waals surface area contributed by atoms with Crippen LogP contribution >= 0.6 is 0 Å². The molecule has 3 aliphatic heterocycles. The Bertz CT molecular complexity index is 977. The van der Waals surface area contributed by atoms with Gasteiger partial charge in [-0.2, -0.15) is 4.31 Å². The standard InChI is InChI=1S/C22H31N3O5S/c1-16-6-8-24(9-7-16)31(28,29)17-4-5-19-18(14-17)22(2,3)21(27)25(19)15-20(26)23-10-12-30-13-11-23/h4-5,14,16H,6-13,15H2,1-3H3. The van der Waals surface area contributed by atoms with Crippen molar-refractivity contribution in [2.24, 2.45) is 5.92 Å². The van der Waals surface area contributed by atoms with Crippen molar-refractivity contribution >= 4 is 27.5 Å². The van der Waals surface area contributed by atoms with Gasteiger partial charge >= 0.3 is 0 Å². The van der Waals surface area contributed by atoms with Crippen molar-refractivity contribution in [1.29, 1.82) is 0 Å². The van der Waals surface area contributed by atoms with Crippen LogP contribution < -0.4 is 4.90 Å². The Labute approximate surface area is 184 Å². The number of morpholine rings is 1. The fourth-order valence-corrected chi connectivity index (χ4v) is 6.05. The second-order valence-corrected chi connectivity index (χ2v) is 11.2. The van der Waals surface area contributed by atoms with Crippen molar-refractivity contribution in [1.82, 2.24) is 9.21 Å². The zero-order valence-corrected chi connectivity index (χ0v) is 19.3. The second-order valence-electron chi connectivity index (χ2n) is 9.28. The third-order valence-electron chi connectivity index (χ3n) is 6.75. The first-order valence-electron chi connectivity index (χ1n) is 10.9. The predicted molar refractivity (Wildman–Crippen MR) is 116 cm³/mol. The zero-order valence-electron chi connectivity index (χ0n) is 18.5. The lowest BCUT2D eigenvalue weighted by molar-refractivity contribution is -0.135. The summed E-state index contributed by atoms with van der Waals surface area (Å²) in [7, 11) is -3.62. The third-order valence-corrected chi connectivity index (χ3v) is 8.64. The van der Waals surface area contributed by atoms with Gasteiger partial charge in [0.25, 0.3) is 0 Å². The van der Waals surface area contributed by atoms with E-state index < -0.39 is 15.4 Å². The summed E-state index contributed by atoms with van der Waals surface area (Å²) >= 11 is 0. The molecule has 9 heteroatoms. The molecule has 0 spiro atoms. The molecule has 0 saturated carbocycles. The Morgan fingerprint density at radius 1 is 1.13 bits per heavy atom. The molecular formula is C22H31N3O5S. The molecular weight excluding hydrogens is 418 g/mol. The summed E-state index contributed by atoms with van der Waals surface area (Å²) in [6.07, 6.45) is 1.71. The average molecular weight is 450 g/mol. The van der Waals surface area contributed by atoms with Gasteiger partial charge in [0.2, 0.25) is 21.8 Å². The molecule has 0 bridgehead atoms. The molecule has 2 amide bonds. The van der Waals surface area contributed by atoms with Crippen LogP contribution in [0.4, 0.5) is 5.69 Å². The van der Waals surface area contributed by atoms with E-state index in [9.17, 15) is 18.0 Å². The van der Waals surface area contributed by atoms with Crippen molar-refractivity contribution in [2.45, 2.75) is 43.9 Å². The molecule has 0 unspecified atom stereocenters. The molecule has 0 aliphatic carbocycles. The van der Waals surface area contributed by atoms with Gasteiger partial charge in [0.05, 0.1) is 23.5 Å². The maximum absolute atomic E-state index is 13.2. The number of carbonyl (C=O) groups is 2. The Kier molecular flexibility index (Phi) is 5.87. The number of sulfonamides is 1. The Hall–Kier alpha value is -1.97. The lowest BCUT2D eigenvalue weighted by Crippen LogP contribution is -2.47. The SMILES string of the molecule is CC1CCN(S(=O)(=O)c2ccc3c(c2)C(C)(C)C(=O)N3CC(=O)N2CCOCC2)CC1. The number of benzene rings is 1. The highest BCUT2D eigenvalue weighted by Crippen LogP contribution is 2.43. The number of fused-ring (bicyclic) bond motifs is 1. The van der Waals surface area contributed by atoms with E-state index >= 15 is 0 Å². The van der Waals surface area contributed by atoms with Crippen molar-refractivity contribution in [3.63, 3.8) is 0 Å². The number of piperidine rings is 1. The molecule has 31 heavy (non-hydrogen) atoms. The summed E-state index contributed by atoms with van der Waals surface area (Å²) in [6, 6.07) is 4.86. The summed E-state index contributed by atoms with van der Waals surface area (Å²) in [4.78, 5) is 29.3. The molecule has 0 aromatic heterocycles. The third kappa shape index (κ3) is 3.99. The van der Waals surface area contributed by atoms with Gasteiger partial charge in [-0.25, -0.2) is 8.42 Å². The molecule has 0 N–H and O–H groups in total. The van der Waals surface area contributed by atoms with E-state index in [2.05, 4.69) is 6.92 Å². The molecule has 2 fully saturated rings. The highest BCUT2D eigenvalue weighted by Gasteiger charge is 2.45. The fourth-order valence-electron chi connectivity index (χ4n) is 4.55. The number of rotatable bonds is 4. The van der Waals surface area contributed by atoms with Gasteiger partial charge in [0, 0.05) is 31.9 Å². The second kappa shape index (κ2) is 8.18. The Morgan fingerprint density at radius 3 is 2.42 bits per heavy atom. The van der Waals surface area contributed by atoms with Crippen molar-refractivity contribution in [2.75, 3.05) is 50.8 Å². The molecule has 3 heterocycles. The van der Waals surface area contributed by atoms with Gasteiger partial charge < -0.3 is 14.5 Å². The van der Waals surface area contributed by atoms with Crippen LogP contribution in [-0.2, 0) is 29.8 Å². The maximum Gasteiger partial charge on any atom is 0.243 e. The van der Waals surface area contributed by atoms with E-state index in [4.69, 9.17) is 4.74 Å². The fraction of sp³-hybridized carbons (Fsp3) is 0.636. The number of hydrogen-bond acceptors (Lipinski definition) is 5. The van der Waals surface area contributed by atoms with Gasteiger partial charge in [-0.05, 0) is 56.4 Å². The van der Waals surface area contributed by atoms with Crippen LogP contribution in [0.25, 0.3) is 0 Å². The number of ether oxygens (including phenoxy) is 1. The largest absolute Gasteiger partial charge is 0.378 e. The van der Waals surface area contributed by atoms with Crippen LogP contribution in [0.3, 0.4) is 0 Å². The number of carbonyl (C=O) groups excluding carboxylic acids is 2. The van der Waals surface area contributed by atoms with Crippen LogP contribution in [0.2, 0.25) is 0 Å². The van der Waals surface area contributed by atoms with E-state index in [1.165, 1.54) is 9.21 Å². The van der Waals surface area contributed by atoms with Gasteiger partial charge in [-0.3, -0.25) is 9.59 Å². The van der Waals surface area contributed by atoms with Gasteiger partial charge in [0.1, 0.15) is 6.54 Å². The molecule has 0 radical (unpaired) electrons. The van der Waals surface area contributed by atoms with Crippen LogP contribution in [0.5, 0.6) is 0 Å². The highest BCUT2D eigenvalue weighted by molar-refractivity contribution is 7.89. The lowest BCUT2D eigenvalue weighted by atomic mass is 9.86. The van der Waals surface area contributed by atoms with E-state index in [-0.39, 0.29) is 23.3 Å². The quantitative estimate of drug-likeness (QED) is 0.697.